The second-order valence-corrected chi connectivity index (χ2v) is 4.46. The molecule has 0 fully saturated rings. The van der Waals surface area contributed by atoms with Gasteiger partial charge in [-0.3, -0.25) is 0 Å². The van der Waals surface area contributed by atoms with Crippen LogP contribution in [0.25, 0.3) is 0 Å². The topological polar surface area (TPSA) is 38.0 Å². The molecule has 0 bridgehead atoms. The molecule has 0 aliphatic carbocycles. The summed E-state index contributed by atoms with van der Waals surface area (Å²) in [4.78, 5) is 0.557. The summed E-state index contributed by atoms with van der Waals surface area (Å²) in [6.07, 6.45) is 0. The van der Waals surface area contributed by atoms with Gasteiger partial charge in [0.1, 0.15) is 9.98 Å². The molecular formula is C9H8Cl2N2S2. The molecule has 2 nitrogen and oxygen atoms in total. The summed E-state index contributed by atoms with van der Waals surface area (Å²) < 4.78 is 0. The van der Waals surface area contributed by atoms with Crippen molar-refractivity contribution in [2.75, 3.05) is 0 Å². The van der Waals surface area contributed by atoms with Crippen LogP contribution in [-0.4, -0.2) is 9.98 Å². The summed E-state index contributed by atoms with van der Waals surface area (Å²) >= 11 is 21.2. The third-order valence-corrected chi connectivity index (χ3v) is 3.10. The summed E-state index contributed by atoms with van der Waals surface area (Å²) in [7, 11) is 0. The van der Waals surface area contributed by atoms with E-state index < -0.39 is 0 Å². The molecule has 6 heteroatoms. The van der Waals surface area contributed by atoms with E-state index in [9.17, 15) is 0 Å². The fraction of sp³-hybridized carbons (Fsp3) is 0.111. The van der Waals surface area contributed by atoms with Crippen molar-refractivity contribution >= 4 is 57.6 Å². The number of rotatable bonds is 2. The average Bonchev–Trinajstić information content (AvgIpc) is 2.19. The summed E-state index contributed by atoms with van der Waals surface area (Å²) in [6, 6.07) is 5.34. The van der Waals surface area contributed by atoms with Gasteiger partial charge in [-0.2, -0.15) is 0 Å². The molecule has 0 unspecified atom stereocenters. The van der Waals surface area contributed by atoms with Crippen molar-refractivity contribution in [2.45, 2.75) is 6.54 Å². The lowest BCUT2D eigenvalue weighted by molar-refractivity contribution is 0.936. The molecule has 0 spiro atoms. The predicted octanol–water partition coefficient (Wildman–Crippen LogP) is 2.70. The van der Waals surface area contributed by atoms with Crippen LogP contribution in [0.5, 0.6) is 0 Å². The molecule has 0 aliphatic rings. The number of nitrogens with two attached hydrogens (primary N) is 1. The zero-order valence-corrected chi connectivity index (χ0v) is 10.7. The molecule has 0 amide bonds. The first kappa shape index (κ1) is 12.6. The molecule has 0 aliphatic heterocycles. The minimum atomic E-state index is 0.185. The van der Waals surface area contributed by atoms with E-state index in [0.717, 1.165) is 5.56 Å². The Kier molecular flexibility index (Phi) is 4.73. The quantitative estimate of drug-likeness (QED) is 0.816. The second kappa shape index (κ2) is 5.61. The Morgan fingerprint density at radius 3 is 2.47 bits per heavy atom. The lowest BCUT2D eigenvalue weighted by Gasteiger charge is -2.07. The highest BCUT2D eigenvalue weighted by Crippen LogP contribution is 2.22. The fourth-order valence-corrected chi connectivity index (χ4v) is 1.38. The highest BCUT2D eigenvalue weighted by Gasteiger charge is 2.01. The average molecular weight is 279 g/mol. The molecule has 0 aromatic heterocycles. The van der Waals surface area contributed by atoms with Gasteiger partial charge in [0, 0.05) is 6.54 Å². The number of halogens is 2. The monoisotopic (exact) mass is 278 g/mol. The van der Waals surface area contributed by atoms with Crippen LogP contribution in [0.15, 0.2) is 18.2 Å². The second-order valence-electron chi connectivity index (χ2n) is 2.80. The van der Waals surface area contributed by atoms with Gasteiger partial charge in [-0.05, 0) is 17.7 Å². The zero-order chi connectivity index (χ0) is 11.4. The van der Waals surface area contributed by atoms with Crippen molar-refractivity contribution < 1.29 is 0 Å². The van der Waals surface area contributed by atoms with E-state index in [0.29, 0.717) is 21.6 Å². The molecule has 0 radical (unpaired) electrons. The van der Waals surface area contributed by atoms with Gasteiger partial charge < -0.3 is 11.1 Å². The van der Waals surface area contributed by atoms with Gasteiger partial charge in [0.25, 0.3) is 0 Å². The molecule has 0 atom stereocenters. The number of thiocarbonyl (C=S) groups is 2. The Balaban J connectivity index is 2.62. The summed E-state index contributed by atoms with van der Waals surface area (Å²) in [5.41, 5.74) is 6.30. The minimum Gasteiger partial charge on any atom is -0.388 e. The smallest absolute Gasteiger partial charge is 0.134 e. The van der Waals surface area contributed by atoms with Crippen molar-refractivity contribution in [1.82, 2.24) is 5.32 Å². The van der Waals surface area contributed by atoms with Crippen LogP contribution in [0.2, 0.25) is 10.0 Å². The number of hydrogen-bond donors (Lipinski definition) is 2. The molecule has 0 saturated carbocycles. The van der Waals surface area contributed by atoms with E-state index >= 15 is 0 Å². The maximum atomic E-state index is 5.85. The standard InChI is InChI=1S/C9H8Cl2N2S2/c10-6-2-1-5(3-7(6)11)4-13-9(15)8(12)14/h1-3H,4H2,(H2,12,14)(H,13,15). The first-order valence-electron chi connectivity index (χ1n) is 4.02. The number of nitrogens with one attached hydrogen (secondary N) is 1. The van der Waals surface area contributed by atoms with Gasteiger partial charge in [-0.15, -0.1) is 0 Å². The van der Waals surface area contributed by atoms with Crippen molar-refractivity contribution in [3.05, 3.63) is 33.8 Å². The molecule has 15 heavy (non-hydrogen) atoms. The number of hydrogen-bond acceptors (Lipinski definition) is 2. The van der Waals surface area contributed by atoms with E-state index in [1.165, 1.54) is 0 Å². The first-order valence-corrected chi connectivity index (χ1v) is 5.59. The molecule has 0 saturated heterocycles. The lowest BCUT2D eigenvalue weighted by Crippen LogP contribution is -2.32. The third kappa shape index (κ3) is 3.91. The van der Waals surface area contributed by atoms with Gasteiger partial charge in [-0.1, -0.05) is 53.7 Å². The van der Waals surface area contributed by atoms with Crippen molar-refractivity contribution in [2.24, 2.45) is 5.73 Å². The number of benzene rings is 1. The fourth-order valence-electron chi connectivity index (χ4n) is 0.919. The Hall–Kier alpha value is -0.420. The van der Waals surface area contributed by atoms with Crippen molar-refractivity contribution in [3.8, 4) is 0 Å². The molecule has 3 N–H and O–H groups in total. The van der Waals surface area contributed by atoms with Crippen molar-refractivity contribution in [3.63, 3.8) is 0 Å². The summed E-state index contributed by atoms with van der Waals surface area (Å²) in [5, 5.41) is 3.95. The van der Waals surface area contributed by atoms with Gasteiger partial charge in [0.2, 0.25) is 0 Å². The van der Waals surface area contributed by atoms with Crippen LogP contribution < -0.4 is 11.1 Å². The Bertz CT molecular complexity index is 407. The Morgan fingerprint density at radius 1 is 1.27 bits per heavy atom. The predicted molar refractivity (Wildman–Crippen MR) is 72.7 cm³/mol. The largest absolute Gasteiger partial charge is 0.388 e. The molecule has 1 aromatic rings. The summed E-state index contributed by atoms with van der Waals surface area (Å²) in [5.74, 6) is 0. The highest BCUT2D eigenvalue weighted by atomic mass is 35.5. The van der Waals surface area contributed by atoms with Gasteiger partial charge in [0.05, 0.1) is 10.0 Å². The highest BCUT2D eigenvalue weighted by molar-refractivity contribution is 7.89. The van der Waals surface area contributed by atoms with Crippen LogP contribution in [0.4, 0.5) is 0 Å². The first-order chi connectivity index (χ1) is 7.00. The van der Waals surface area contributed by atoms with Gasteiger partial charge >= 0.3 is 0 Å². The van der Waals surface area contributed by atoms with Crippen LogP contribution in [0, 0.1) is 0 Å². The van der Waals surface area contributed by atoms with E-state index in [2.05, 4.69) is 5.32 Å². The van der Waals surface area contributed by atoms with Crippen LogP contribution in [0.3, 0.4) is 0 Å². The zero-order valence-electron chi connectivity index (χ0n) is 7.59. The molecule has 80 valence electrons. The Labute approximate surface area is 109 Å². The molecule has 1 rings (SSSR count). The van der Waals surface area contributed by atoms with E-state index in [4.69, 9.17) is 53.4 Å². The normalized spacial score (nSPS) is 9.73. The van der Waals surface area contributed by atoms with Crippen molar-refractivity contribution in [1.29, 1.82) is 0 Å². The Morgan fingerprint density at radius 2 is 1.93 bits per heavy atom. The maximum absolute atomic E-state index is 5.85. The van der Waals surface area contributed by atoms with Gasteiger partial charge in [-0.25, -0.2) is 0 Å². The van der Waals surface area contributed by atoms with Crippen LogP contribution >= 0.6 is 47.6 Å². The van der Waals surface area contributed by atoms with Crippen LogP contribution in [0.1, 0.15) is 5.56 Å². The maximum Gasteiger partial charge on any atom is 0.134 e. The van der Waals surface area contributed by atoms with E-state index in [1.807, 2.05) is 6.07 Å². The van der Waals surface area contributed by atoms with Crippen LogP contribution in [-0.2, 0) is 6.54 Å². The minimum absolute atomic E-state index is 0.185. The third-order valence-electron chi connectivity index (χ3n) is 1.66. The SMILES string of the molecule is NC(=S)C(=S)NCc1ccc(Cl)c(Cl)c1. The molecular weight excluding hydrogens is 271 g/mol. The summed E-state index contributed by atoms with van der Waals surface area (Å²) in [6.45, 7) is 0.521. The van der Waals surface area contributed by atoms with E-state index in [-0.39, 0.29) is 4.99 Å². The molecule has 1 aromatic carbocycles. The van der Waals surface area contributed by atoms with Gasteiger partial charge in [0.15, 0.2) is 0 Å². The van der Waals surface area contributed by atoms with E-state index in [1.54, 1.807) is 12.1 Å². The lowest BCUT2D eigenvalue weighted by atomic mass is 10.2. The molecule has 0 heterocycles.